The van der Waals surface area contributed by atoms with Gasteiger partial charge in [0.2, 0.25) is 10.0 Å². The minimum absolute atomic E-state index is 0.138. The molecular weight excluding hydrogens is 246 g/mol. The van der Waals surface area contributed by atoms with Crippen LogP contribution < -0.4 is 0 Å². The summed E-state index contributed by atoms with van der Waals surface area (Å²) in [4.78, 5) is 10.7. The van der Waals surface area contributed by atoms with Gasteiger partial charge in [0.1, 0.15) is 6.04 Å². The maximum absolute atomic E-state index is 11.9. The SMILES string of the molecule is CC(C(=O)O)N(C)S(=O)(=O)CC1CCCCO1. The molecule has 1 aliphatic rings. The molecule has 100 valence electrons. The molecule has 0 aromatic carbocycles. The van der Waals surface area contributed by atoms with Crippen LogP contribution in [0.4, 0.5) is 0 Å². The van der Waals surface area contributed by atoms with Crippen molar-refractivity contribution >= 4 is 16.0 Å². The van der Waals surface area contributed by atoms with Crippen molar-refractivity contribution in [1.29, 1.82) is 0 Å². The number of likely N-dealkylation sites (N-methyl/N-ethyl adjacent to an activating group) is 1. The maximum atomic E-state index is 11.9. The molecule has 2 unspecified atom stereocenters. The number of hydrogen-bond donors (Lipinski definition) is 1. The standard InChI is InChI=1S/C10H19NO5S/c1-8(10(12)13)11(2)17(14,15)7-9-5-3-4-6-16-9/h8-9H,3-7H2,1-2H3,(H,12,13). The van der Waals surface area contributed by atoms with Gasteiger partial charge in [0.15, 0.2) is 0 Å². The number of nitrogens with zero attached hydrogens (tertiary/aromatic N) is 1. The maximum Gasteiger partial charge on any atom is 0.321 e. The van der Waals surface area contributed by atoms with Crippen molar-refractivity contribution in [3.05, 3.63) is 0 Å². The van der Waals surface area contributed by atoms with Crippen molar-refractivity contribution < 1.29 is 23.1 Å². The molecule has 2 atom stereocenters. The largest absolute Gasteiger partial charge is 0.480 e. The lowest BCUT2D eigenvalue weighted by molar-refractivity contribution is -0.140. The number of rotatable bonds is 5. The van der Waals surface area contributed by atoms with Gasteiger partial charge in [0.25, 0.3) is 0 Å². The van der Waals surface area contributed by atoms with Crippen LogP contribution in [-0.2, 0) is 19.6 Å². The zero-order chi connectivity index (χ0) is 13.1. The van der Waals surface area contributed by atoms with E-state index >= 15 is 0 Å². The fourth-order valence-electron chi connectivity index (χ4n) is 1.69. The first-order chi connectivity index (χ1) is 7.84. The Labute approximate surface area is 102 Å². The smallest absolute Gasteiger partial charge is 0.321 e. The van der Waals surface area contributed by atoms with E-state index in [2.05, 4.69) is 0 Å². The predicted octanol–water partition coefficient (Wildman–Crippen LogP) is 0.290. The first-order valence-corrected chi connectivity index (χ1v) is 7.25. The van der Waals surface area contributed by atoms with Crippen LogP contribution >= 0.6 is 0 Å². The van der Waals surface area contributed by atoms with E-state index in [1.807, 2.05) is 0 Å². The van der Waals surface area contributed by atoms with Crippen LogP contribution in [0.3, 0.4) is 0 Å². The Morgan fingerprint density at radius 1 is 1.53 bits per heavy atom. The number of sulfonamides is 1. The second kappa shape index (κ2) is 5.79. The average molecular weight is 265 g/mol. The Kier molecular flexibility index (Phi) is 4.91. The molecule has 6 nitrogen and oxygen atoms in total. The van der Waals surface area contributed by atoms with Crippen LogP contribution in [0.2, 0.25) is 0 Å². The summed E-state index contributed by atoms with van der Waals surface area (Å²) in [6.45, 7) is 1.93. The molecule has 1 heterocycles. The van der Waals surface area contributed by atoms with Gasteiger partial charge in [-0.25, -0.2) is 8.42 Å². The second-order valence-corrected chi connectivity index (χ2v) is 6.37. The molecule has 0 aliphatic carbocycles. The first kappa shape index (κ1) is 14.4. The molecule has 1 rings (SSSR count). The molecule has 7 heteroatoms. The van der Waals surface area contributed by atoms with Crippen molar-refractivity contribution in [3.63, 3.8) is 0 Å². The number of hydrogen-bond acceptors (Lipinski definition) is 4. The summed E-state index contributed by atoms with van der Waals surface area (Å²) in [5.41, 5.74) is 0. The molecule has 0 aromatic heterocycles. The lowest BCUT2D eigenvalue weighted by Crippen LogP contribution is -2.44. The van der Waals surface area contributed by atoms with Crippen molar-refractivity contribution in [2.24, 2.45) is 0 Å². The van der Waals surface area contributed by atoms with Gasteiger partial charge in [0.05, 0.1) is 11.9 Å². The third-order valence-electron chi connectivity index (χ3n) is 3.01. The Morgan fingerprint density at radius 2 is 2.18 bits per heavy atom. The highest BCUT2D eigenvalue weighted by atomic mass is 32.2. The highest BCUT2D eigenvalue weighted by molar-refractivity contribution is 7.89. The zero-order valence-corrected chi connectivity index (χ0v) is 10.9. The lowest BCUT2D eigenvalue weighted by atomic mass is 10.1. The molecule has 0 aromatic rings. The zero-order valence-electron chi connectivity index (χ0n) is 10.1. The minimum atomic E-state index is -3.58. The highest BCUT2D eigenvalue weighted by Gasteiger charge is 2.31. The van der Waals surface area contributed by atoms with Crippen LogP contribution in [0.15, 0.2) is 0 Å². The quantitative estimate of drug-likeness (QED) is 0.772. The van der Waals surface area contributed by atoms with Gasteiger partial charge in [0, 0.05) is 13.7 Å². The van der Waals surface area contributed by atoms with E-state index in [-0.39, 0.29) is 11.9 Å². The van der Waals surface area contributed by atoms with E-state index < -0.39 is 22.0 Å². The lowest BCUT2D eigenvalue weighted by Gasteiger charge is -2.26. The van der Waals surface area contributed by atoms with E-state index in [0.29, 0.717) is 13.0 Å². The summed E-state index contributed by atoms with van der Waals surface area (Å²) in [5.74, 6) is -1.29. The van der Waals surface area contributed by atoms with Gasteiger partial charge in [-0.15, -0.1) is 0 Å². The molecule has 0 spiro atoms. The molecule has 0 amide bonds. The topological polar surface area (TPSA) is 83.9 Å². The molecule has 1 N–H and O–H groups in total. The molecule has 17 heavy (non-hydrogen) atoms. The van der Waals surface area contributed by atoms with Gasteiger partial charge >= 0.3 is 5.97 Å². The van der Waals surface area contributed by atoms with E-state index in [1.54, 1.807) is 0 Å². The summed E-state index contributed by atoms with van der Waals surface area (Å²) in [7, 11) is -2.29. The van der Waals surface area contributed by atoms with E-state index in [1.165, 1.54) is 14.0 Å². The van der Waals surface area contributed by atoms with Crippen LogP contribution in [0.1, 0.15) is 26.2 Å². The van der Waals surface area contributed by atoms with Crippen LogP contribution in [0.25, 0.3) is 0 Å². The van der Waals surface area contributed by atoms with Crippen molar-refractivity contribution in [1.82, 2.24) is 4.31 Å². The minimum Gasteiger partial charge on any atom is -0.480 e. The van der Waals surface area contributed by atoms with E-state index in [0.717, 1.165) is 17.1 Å². The van der Waals surface area contributed by atoms with Crippen molar-refractivity contribution in [2.75, 3.05) is 19.4 Å². The van der Waals surface area contributed by atoms with E-state index in [4.69, 9.17) is 9.84 Å². The molecule has 0 bridgehead atoms. The monoisotopic (exact) mass is 265 g/mol. The Morgan fingerprint density at radius 3 is 2.65 bits per heavy atom. The van der Waals surface area contributed by atoms with E-state index in [9.17, 15) is 13.2 Å². The summed E-state index contributed by atoms with van der Waals surface area (Å²) in [5, 5.41) is 8.78. The third-order valence-corrected chi connectivity index (χ3v) is 5.00. The fourth-order valence-corrected chi connectivity index (χ4v) is 3.23. The van der Waals surface area contributed by atoms with Gasteiger partial charge in [-0.05, 0) is 26.2 Å². The number of carboxylic acids is 1. The second-order valence-electron chi connectivity index (χ2n) is 4.30. The summed E-state index contributed by atoms with van der Waals surface area (Å²) in [6, 6.07) is -1.05. The Bertz CT molecular complexity index is 361. The summed E-state index contributed by atoms with van der Waals surface area (Å²) < 4.78 is 30.1. The molecule has 1 fully saturated rings. The fraction of sp³-hybridized carbons (Fsp3) is 0.900. The highest BCUT2D eigenvalue weighted by Crippen LogP contribution is 2.16. The molecular formula is C10H19NO5S. The number of carbonyl (C=O) groups is 1. The third kappa shape index (κ3) is 3.93. The van der Waals surface area contributed by atoms with Crippen molar-refractivity contribution in [2.45, 2.75) is 38.3 Å². The predicted molar refractivity (Wildman–Crippen MR) is 62.2 cm³/mol. The first-order valence-electron chi connectivity index (χ1n) is 5.64. The molecule has 0 radical (unpaired) electrons. The van der Waals surface area contributed by atoms with Crippen LogP contribution in [0.5, 0.6) is 0 Å². The van der Waals surface area contributed by atoms with Gasteiger partial charge in [-0.3, -0.25) is 4.79 Å². The summed E-state index contributed by atoms with van der Waals surface area (Å²) in [6.07, 6.45) is 2.32. The number of aliphatic carboxylic acids is 1. The average Bonchev–Trinajstić information content (AvgIpc) is 2.27. The van der Waals surface area contributed by atoms with Crippen LogP contribution in [-0.4, -0.2) is 55.4 Å². The molecule has 1 aliphatic heterocycles. The van der Waals surface area contributed by atoms with Crippen molar-refractivity contribution in [3.8, 4) is 0 Å². The van der Waals surface area contributed by atoms with Crippen LogP contribution in [0, 0.1) is 0 Å². The Hall–Kier alpha value is -0.660. The Balaban J connectivity index is 2.63. The van der Waals surface area contributed by atoms with Gasteiger partial charge in [-0.2, -0.15) is 4.31 Å². The molecule has 1 saturated heterocycles. The normalized spacial score (nSPS) is 23.6. The molecule has 0 saturated carbocycles. The summed E-state index contributed by atoms with van der Waals surface area (Å²) >= 11 is 0. The number of carboxylic acid groups (broad SMARTS) is 1. The van der Waals surface area contributed by atoms with Gasteiger partial charge < -0.3 is 9.84 Å². The van der Waals surface area contributed by atoms with Gasteiger partial charge in [-0.1, -0.05) is 0 Å². The number of ether oxygens (including phenoxy) is 1.